The van der Waals surface area contributed by atoms with E-state index in [1.54, 1.807) is 7.11 Å². The molecule has 1 heterocycles. The van der Waals surface area contributed by atoms with Gasteiger partial charge in [0.25, 0.3) is 0 Å². The summed E-state index contributed by atoms with van der Waals surface area (Å²) < 4.78 is 5.28. The molecule has 1 unspecified atom stereocenters. The molecular weight excluding hydrogens is 324 g/mol. The molecule has 138 valence electrons. The Bertz CT molecular complexity index is 740. The average Bonchev–Trinajstić information content (AvgIpc) is 2.68. The van der Waals surface area contributed by atoms with Crippen molar-refractivity contribution >= 4 is 11.6 Å². The van der Waals surface area contributed by atoms with Crippen LogP contribution in [0.1, 0.15) is 26.7 Å². The fourth-order valence-corrected chi connectivity index (χ4v) is 3.48. The number of piperidine rings is 1. The second kappa shape index (κ2) is 8.37. The molecule has 3 rings (SSSR count). The minimum Gasteiger partial charge on any atom is -0.497 e. The third-order valence-corrected chi connectivity index (χ3v) is 5.11. The van der Waals surface area contributed by atoms with Crippen molar-refractivity contribution in [3.05, 3.63) is 48.5 Å². The zero-order valence-corrected chi connectivity index (χ0v) is 15.9. The van der Waals surface area contributed by atoms with E-state index >= 15 is 0 Å². The van der Waals surface area contributed by atoms with Crippen LogP contribution in [0.2, 0.25) is 0 Å². The molecule has 1 saturated heterocycles. The molecule has 1 amide bonds. The van der Waals surface area contributed by atoms with Crippen molar-refractivity contribution in [1.82, 2.24) is 4.90 Å². The maximum absolute atomic E-state index is 12.6. The number of hydrogen-bond acceptors (Lipinski definition) is 3. The summed E-state index contributed by atoms with van der Waals surface area (Å²) in [4.78, 5) is 15.0. The Labute approximate surface area is 156 Å². The highest BCUT2D eigenvalue weighted by Crippen LogP contribution is 2.26. The number of nitrogens with zero attached hydrogens (tertiary/aromatic N) is 1. The molecular formula is C22H28N2O2. The Hall–Kier alpha value is -2.33. The Kier molecular flexibility index (Phi) is 5.94. The second-order valence-corrected chi connectivity index (χ2v) is 7.23. The Morgan fingerprint density at radius 2 is 1.92 bits per heavy atom. The number of nitrogens with one attached hydrogen (secondary N) is 1. The van der Waals surface area contributed by atoms with Gasteiger partial charge in [-0.3, -0.25) is 4.79 Å². The summed E-state index contributed by atoms with van der Waals surface area (Å²) in [6, 6.07) is 16.5. The summed E-state index contributed by atoms with van der Waals surface area (Å²) in [6.07, 6.45) is 2.06. The minimum atomic E-state index is 0.0733. The average molecular weight is 352 g/mol. The van der Waals surface area contributed by atoms with Crippen LogP contribution in [-0.2, 0) is 4.79 Å². The third-order valence-electron chi connectivity index (χ3n) is 5.11. The van der Waals surface area contributed by atoms with Gasteiger partial charge in [-0.1, -0.05) is 24.3 Å². The Balaban J connectivity index is 1.64. The molecule has 0 radical (unpaired) electrons. The Morgan fingerprint density at radius 1 is 1.15 bits per heavy atom. The third kappa shape index (κ3) is 4.44. The molecule has 1 fully saturated rings. The van der Waals surface area contributed by atoms with E-state index in [0.717, 1.165) is 48.5 Å². The van der Waals surface area contributed by atoms with Crippen molar-refractivity contribution in [2.24, 2.45) is 5.92 Å². The first-order chi connectivity index (χ1) is 12.6. The summed E-state index contributed by atoms with van der Waals surface area (Å²) in [5, 5.41) is 3.08. The molecule has 4 heteroatoms. The lowest BCUT2D eigenvalue weighted by molar-refractivity contribution is -0.121. The SMILES string of the molecule is COc1cccc(-c2ccc(NC(=O)C3CCCN(C(C)C)C3)cc2)c1. The summed E-state index contributed by atoms with van der Waals surface area (Å²) in [5.41, 5.74) is 3.05. The predicted octanol–water partition coefficient (Wildman–Crippen LogP) is 4.42. The highest BCUT2D eigenvalue weighted by Gasteiger charge is 2.26. The van der Waals surface area contributed by atoms with Crippen molar-refractivity contribution < 1.29 is 9.53 Å². The van der Waals surface area contributed by atoms with Crippen LogP contribution in [-0.4, -0.2) is 37.0 Å². The molecule has 2 aromatic rings. The van der Waals surface area contributed by atoms with Gasteiger partial charge in [-0.25, -0.2) is 0 Å². The number of amides is 1. The molecule has 1 aliphatic heterocycles. The standard InChI is InChI=1S/C22H28N2O2/c1-16(2)24-13-5-7-19(15-24)22(25)23-20-11-9-17(10-12-20)18-6-4-8-21(14-18)26-3/h4,6,8-12,14,16,19H,5,7,13,15H2,1-3H3,(H,23,25). The number of methoxy groups -OCH3 is 1. The number of anilines is 1. The van der Waals surface area contributed by atoms with Crippen LogP contribution in [0.4, 0.5) is 5.69 Å². The smallest absolute Gasteiger partial charge is 0.228 e. The van der Waals surface area contributed by atoms with Crippen LogP contribution >= 0.6 is 0 Å². The molecule has 1 atom stereocenters. The lowest BCUT2D eigenvalue weighted by Gasteiger charge is -2.34. The van der Waals surface area contributed by atoms with Crippen LogP contribution < -0.4 is 10.1 Å². The highest BCUT2D eigenvalue weighted by molar-refractivity contribution is 5.93. The number of ether oxygens (including phenoxy) is 1. The van der Waals surface area contributed by atoms with Crippen LogP contribution in [0.25, 0.3) is 11.1 Å². The molecule has 0 aromatic heterocycles. The fraction of sp³-hybridized carbons (Fsp3) is 0.409. The first-order valence-electron chi connectivity index (χ1n) is 9.36. The molecule has 1 N–H and O–H groups in total. The van der Waals surface area contributed by atoms with E-state index in [0.29, 0.717) is 6.04 Å². The molecule has 26 heavy (non-hydrogen) atoms. The first-order valence-corrected chi connectivity index (χ1v) is 9.36. The van der Waals surface area contributed by atoms with Gasteiger partial charge >= 0.3 is 0 Å². The van der Waals surface area contributed by atoms with Crippen molar-refractivity contribution in [3.8, 4) is 16.9 Å². The maximum Gasteiger partial charge on any atom is 0.228 e. The van der Waals surface area contributed by atoms with Gasteiger partial charge in [-0.05, 0) is 68.6 Å². The van der Waals surface area contributed by atoms with Gasteiger partial charge in [0.2, 0.25) is 5.91 Å². The molecule has 4 nitrogen and oxygen atoms in total. The number of rotatable bonds is 5. The van der Waals surface area contributed by atoms with Gasteiger partial charge in [0.05, 0.1) is 13.0 Å². The van der Waals surface area contributed by atoms with Gasteiger partial charge in [0.1, 0.15) is 5.75 Å². The van der Waals surface area contributed by atoms with Crippen LogP contribution in [0, 0.1) is 5.92 Å². The van der Waals surface area contributed by atoms with E-state index in [2.05, 4.69) is 30.1 Å². The highest BCUT2D eigenvalue weighted by atomic mass is 16.5. The minimum absolute atomic E-state index is 0.0733. The topological polar surface area (TPSA) is 41.6 Å². The lowest BCUT2D eigenvalue weighted by Crippen LogP contribution is -2.43. The number of carbonyl (C=O) groups excluding carboxylic acids is 1. The number of likely N-dealkylation sites (tertiary alicyclic amines) is 1. The van der Waals surface area contributed by atoms with Gasteiger partial charge in [-0.2, -0.15) is 0 Å². The number of hydrogen-bond donors (Lipinski definition) is 1. The van der Waals surface area contributed by atoms with Gasteiger partial charge in [0.15, 0.2) is 0 Å². The van der Waals surface area contributed by atoms with E-state index in [1.807, 2.05) is 42.5 Å². The van der Waals surface area contributed by atoms with E-state index in [-0.39, 0.29) is 11.8 Å². The van der Waals surface area contributed by atoms with Gasteiger partial charge < -0.3 is 15.0 Å². The van der Waals surface area contributed by atoms with Crippen LogP contribution in [0.5, 0.6) is 5.75 Å². The monoisotopic (exact) mass is 352 g/mol. The van der Waals surface area contributed by atoms with Crippen LogP contribution in [0.15, 0.2) is 48.5 Å². The zero-order valence-electron chi connectivity index (χ0n) is 15.9. The molecule has 2 aromatic carbocycles. The van der Waals surface area contributed by atoms with E-state index < -0.39 is 0 Å². The summed E-state index contributed by atoms with van der Waals surface area (Å²) in [6.45, 7) is 6.33. The van der Waals surface area contributed by atoms with Crippen molar-refractivity contribution in [1.29, 1.82) is 0 Å². The maximum atomic E-state index is 12.6. The quantitative estimate of drug-likeness (QED) is 0.866. The van der Waals surface area contributed by atoms with Gasteiger partial charge in [-0.15, -0.1) is 0 Å². The van der Waals surface area contributed by atoms with Crippen molar-refractivity contribution in [2.75, 3.05) is 25.5 Å². The molecule has 1 aliphatic rings. The fourth-order valence-electron chi connectivity index (χ4n) is 3.48. The first kappa shape index (κ1) is 18.5. The van der Waals surface area contributed by atoms with Crippen LogP contribution in [0.3, 0.4) is 0 Å². The summed E-state index contributed by atoms with van der Waals surface area (Å²) in [5.74, 6) is 1.04. The summed E-state index contributed by atoms with van der Waals surface area (Å²) >= 11 is 0. The van der Waals surface area contributed by atoms with E-state index in [4.69, 9.17) is 4.74 Å². The predicted molar refractivity (Wildman–Crippen MR) is 106 cm³/mol. The molecule has 0 spiro atoms. The van der Waals surface area contributed by atoms with Crippen molar-refractivity contribution in [2.45, 2.75) is 32.7 Å². The normalized spacial score (nSPS) is 17.9. The molecule has 0 aliphatic carbocycles. The van der Waals surface area contributed by atoms with E-state index in [9.17, 15) is 4.79 Å². The molecule has 0 saturated carbocycles. The van der Waals surface area contributed by atoms with E-state index in [1.165, 1.54) is 0 Å². The second-order valence-electron chi connectivity index (χ2n) is 7.23. The zero-order chi connectivity index (χ0) is 18.5. The van der Waals surface area contributed by atoms with Gasteiger partial charge in [0, 0.05) is 18.3 Å². The number of benzene rings is 2. The van der Waals surface area contributed by atoms with Crippen molar-refractivity contribution in [3.63, 3.8) is 0 Å². The Morgan fingerprint density at radius 3 is 2.62 bits per heavy atom. The largest absolute Gasteiger partial charge is 0.497 e. The molecule has 0 bridgehead atoms. The summed E-state index contributed by atoms with van der Waals surface area (Å²) in [7, 11) is 1.67. The lowest BCUT2D eigenvalue weighted by atomic mass is 9.96. The number of carbonyl (C=O) groups is 1.